The number of fused-ring (bicyclic) bond motifs is 2. The lowest BCUT2D eigenvalue weighted by molar-refractivity contribution is 0.351. The number of hydrogen-bond acceptors (Lipinski definition) is 2. The Labute approximate surface area is 158 Å². The van der Waals surface area contributed by atoms with Crippen molar-refractivity contribution in [3.8, 4) is 0 Å². The molecule has 0 heterocycles. The van der Waals surface area contributed by atoms with E-state index in [4.69, 9.17) is 0 Å². The second kappa shape index (κ2) is 8.83. The van der Waals surface area contributed by atoms with E-state index in [0.29, 0.717) is 5.92 Å². The maximum absolute atomic E-state index is 3.80. The average molecular weight is 349 g/mol. The molecule has 3 atom stereocenters. The van der Waals surface area contributed by atoms with Crippen molar-refractivity contribution >= 4 is 0 Å². The summed E-state index contributed by atoms with van der Waals surface area (Å²) >= 11 is 0. The van der Waals surface area contributed by atoms with Crippen molar-refractivity contribution in [2.24, 2.45) is 11.8 Å². The van der Waals surface area contributed by atoms with Crippen LogP contribution in [-0.2, 0) is 0 Å². The highest BCUT2D eigenvalue weighted by atomic mass is 15.0. The van der Waals surface area contributed by atoms with E-state index in [-0.39, 0.29) is 0 Å². The van der Waals surface area contributed by atoms with Gasteiger partial charge in [0.2, 0.25) is 0 Å². The fourth-order valence-electron chi connectivity index (χ4n) is 5.11. The lowest BCUT2D eigenvalue weighted by Gasteiger charge is -2.23. The lowest BCUT2D eigenvalue weighted by atomic mass is 9.88. The fraction of sp³-hybridized carbons (Fsp3) is 0.500. The molecule has 2 heteroatoms. The van der Waals surface area contributed by atoms with Crippen LogP contribution in [0.25, 0.3) is 0 Å². The van der Waals surface area contributed by atoms with E-state index in [0.717, 1.165) is 43.9 Å². The van der Waals surface area contributed by atoms with Crippen LogP contribution in [0.4, 0.5) is 0 Å². The first kappa shape index (κ1) is 17.8. The van der Waals surface area contributed by atoms with Gasteiger partial charge in [0.1, 0.15) is 0 Å². The monoisotopic (exact) mass is 348 g/mol. The smallest absolute Gasteiger partial charge is 0.0101 e. The van der Waals surface area contributed by atoms with E-state index >= 15 is 0 Å². The fourth-order valence-corrected chi connectivity index (χ4v) is 5.11. The molecule has 2 bridgehead atoms. The van der Waals surface area contributed by atoms with Crippen molar-refractivity contribution in [1.82, 2.24) is 10.6 Å². The van der Waals surface area contributed by atoms with Crippen LogP contribution in [0.3, 0.4) is 0 Å². The molecule has 2 nitrogen and oxygen atoms in total. The Morgan fingerprint density at radius 2 is 1.46 bits per heavy atom. The third-order valence-corrected chi connectivity index (χ3v) is 6.46. The summed E-state index contributed by atoms with van der Waals surface area (Å²) in [5.74, 6) is 2.48. The number of nitrogens with one attached hydrogen (secondary N) is 2. The van der Waals surface area contributed by atoms with Crippen molar-refractivity contribution in [2.75, 3.05) is 19.6 Å². The van der Waals surface area contributed by atoms with Crippen LogP contribution in [0.1, 0.15) is 49.1 Å². The first-order chi connectivity index (χ1) is 12.9. The van der Waals surface area contributed by atoms with Crippen LogP contribution in [0.15, 0.2) is 60.7 Å². The molecule has 3 unspecified atom stereocenters. The van der Waals surface area contributed by atoms with Gasteiger partial charge >= 0.3 is 0 Å². The zero-order valence-corrected chi connectivity index (χ0v) is 15.7. The Hall–Kier alpha value is -1.64. The highest BCUT2D eigenvalue weighted by Gasteiger charge is 2.38. The zero-order valence-electron chi connectivity index (χ0n) is 15.7. The molecule has 2 saturated carbocycles. The third-order valence-electron chi connectivity index (χ3n) is 6.46. The highest BCUT2D eigenvalue weighted by Crippen LogP contribution is 2.44. The van der Waals surface area contributed by atoms with Gasteiger partial charge in [-0.3, -0.25) is 0 Å². The van der Waals surface area contributed by atoms with Crippen LogP contribution in [0.2, 0.25) is 0 Å². The van der Waals surface area contributed by atoms with Crippen molar-refractivity contribution < 1.29 is 0 Å². The molecular weight excluding hydrogens is 316 g/mol. The minimum atomic E-state index is 0.475. The Bertz CT molecular complexity index is 615. The van der Waals surface area contributed by atoms with E-state index in [1.54, 1.807) is 0 Å². The van der Waals surface area contributed by atoms with E-state index in [1.807, 2.05) is 0 Å². The molecular formula is C24H32N2. The maximum Gasteiger partial charge on any atom is 0.0101 e. The van der Waals surface area contributed by atoms with Crippen LogP contribution in [-0.4, -0.2) is 25.7 Å². The molecule has 2 aliphatic carbocycles. The summed E-state index contributed by atoms with van der Waals surface area (Å²) < 4.78 is 0. The van der Waals surface area contributed by atoms with Gasteiger partial charge in [0.15, 0.2) is 0 Å². The van der Waals surface area contributed by atoms with Crippen LogP contribution >= 0.6 is 0 Å². The van der Waals surface area contributed by atoms with Gasteiger partial charge in [-0.05, 0) is 55.2 Å². The topological polar surface area (TPSA) is 24.1 Å². The molecule has 2 aliphatic rings. The van der Waals surface area contributed by atoms with E-state index in [1.165, 1.54) is 36.8 Å². The SMILES string of the molecule is c1ccc(C(CCNCCNC2CC3CCC2C3)c2ccccc2)cc1. The Morgan fingerprint density at radius 1 is 0.769 bits per heavy atom. The Morgan fingerprint density at radius 3 is 2.04 bits per heavy atom. The molecule has 0 aromatic heterocycles. The van der Waals surface area contributed by atoms with Crippen LogP contribution < -0.4 is 10.6 Å². The van der Waals surface area contributed by atoms with Crippen molar-refractivity contribution in [1.29, 1.82) is 0 Å². The summed E-state index contributed by atoms with van der Waals surface area (Å²) in [6.07, 6.45) is 7.00. The summed E-state index contributed by atoms with van der Waals surface area (Å²) in [7, 11) is 0. The predicted molar refractivity (Wildman–Crippen MR) is 109 cm³/mol. The molecule has 0 aliphatic heterocycles. The van der Waals surface area contributed by atoms with Gasteiger partial charge in [-0.1, -0.05) is 67.1 Å². The summed E-state index contributed by atoms with van der Waals surface area (Å²) in [5, 5.41) is 7.46. The number of benzene rings is 2. The van der Waals surface area contributed by atoms with E-state index < -0.39 is 0 Å². The second-order valence-electron chi connectivity index (χ2n) is 8.15. The van der Waals surface area contributed by atoms with Crippen molar-refractivity contribution in [2.45, 2.75) is 44.1 Å². The summed E-state index contributed by atoms with van der Waals surface area (Å²) in [6, 6.07) is 22.6. The first-order valence-electron chi connectivity index (χ1n) is 10.4. The molecule has 2 aromatic rings. The van der Waals surface area contributed by atoms with Gasteiger partial charge in [-0.25, -0.2) is 0 Å². The molecule has 2 fully saturated rings. The van der Waals surface area contributed by atoms with Gasteiger partial charge in [0.05, 0.1) is 0 Å². The average Bonchev–Trinajstić information content (AvgIpc) is 3.32. The largest absolute Gasteiger partial charge is 0.315 e. The van der Waals surface area contributed by atoms with Gasteiger partial charge in [0, 0.05) is 25.0 Å². The summed E-state index contributed by atoms with van der Waals surface area (Å²) in [4.78, 5) is 0. The maximum atomic E-state index is 3.80. The van der Waals surface area contributed by atoms with Crippen molar-refractivity contribution in [3.05, 3.63) is 71.8 Å². The third kappa shape index (κ3) is 4.36. The molecule has 2 aromatic carbocycles. The van der Waals surface area contributed by atoms with E-state index in [2.05, 4.69) is 71.3 Å². The highest BCUT2D eigenvalue weighted by molar-refractivity contribution is 5.32. The normalized spacial score (nSPS) is 24.4. The Balaban J connectivity index is 1.22. The number of hydrogen-bond donors (Lipinski definition) is 2. The molecule has 0 amide bonds. The number of rotatable bonds is 9. The van der Waals surface area contributed by atoms with Crippen LogP contribution in [0, 0.1) is 11.8 Å². The Kier molecular flexibility index (Phi) is 6.03. The molecule has 4 rings (SSSR count). The molecule has 26 heavy (non-hydrogen) atoms. The molecule has 0 radical (unpaired) electrons. The standard InChI is InChI=1S/C24H32N2/c1-3-7-20(8-4-1)23(21-9-5-2-6-10-21)13-14-25-15-16-26-24-18-19-11-12-22(24)17-19/h1-10,19,22-26H,11-18H2. The second-order valence-corrected chi connectivity index (χ2v) is 8.15. The first-order valence-corrected chi connectivity index (χ1v) is 10.4. The van der Waals surface area contributed by atoms with Gasteiger partial charge in [0.25, 0.3) is 0 Å². The minimum Gasteiger partial charge on any atom is -0.315 e. The minimum absolute atomic E-state index is 0.475. The zero-order chi connectivity index (χ0) is 17.6. The lowest BCUT2D eigenvalue weighted by Crippen LogP contribution is -2.38. The molecule has 138 valence electrons. The van der Waals surface area contributed by atoms with Gasteiger partial charge in [-0.2, -0.15) is 0 Å². The van der Waals surface area contributed by atoms with E-state index in [9.17, 15) is 0 Å². The predicted octanol–water partition coefficient (Wildman–Crippen LogP) is 4.58. The summed E-state index contributed by atoms with van der Waals surface area (Å²) in [5.41, 5.74) is 2.83. The van der Waals surface area contributed by atoms with Gasteiger partial charge < -0.3 is 10.6 Å². The van der Waals surface area contributed by atoms with Crippen LogP contribution in [0.5, 0.6) is 0 Å². The van der Waals surface area contributed by atoms with Gasteiger partial charge in [-0.15, -0.1) is 0 Å². The van der Waals surface area contributed by atoms with Crippen molar-refractivity contribution in [3.63, 3.8) is 0 Å². The molecule has 0 saturated heterocycles. The molecule has 0 spiro atoms. The summed E-state index contributed by atoms with van der Waals surface area (Å²) in [6.45, 7) is 3.24. The molecule has 2 N–H and O–H groups in total. The quantitative estimate of drug-likeness (QED) is 0.648.